The molecule has 0 bridgehead atoms. The summed E-state index contributed by atoms with van der Waals surface area (Å²) in [4.78, 5) is 2.65. The molecule has 1 heterocycles. The molecule has 0 spiro atoms. The Hall–Kier alpha value is -0.120. The summed E-state index contributed by atoms with van der Waals surface area (Å²) in [5.74, 6) is 2.52. The van der Waals surface area contributed by atoms with E-state index in [9.17, 15) is 0 Å². The summed E-state index contributed by atoms with van der Waals surface area (Å²) >= 11 is 0. The molecule has 21 heavy (non-hydrogen) atoms. The summed E-state index contributed by atoms with van der Waals surface area (Å²) in [7, 11) is 0. The molecule has 0 radical (unpaired) electrons. The first-order valence-electron chi connectivity index (χ1n) is 9.11. The molecule has 2 rings (SSSR count). The molecular formula is C18H36N2O. The number of ether oxygens (including phenoxy) is 1. The van der Waals surface area contributed by atoms with E-state index in [2.05, 4.69) is 37.9 Å². The van der Waals surface area contributed by atoms with E-state index >= 15 is 0 Å². The van der Waals surface area contributed by atoms with Crippen LogP contribution in [0.4, 0.5) is 0 Å². The van der Waals surface area contributed by atoms with Crippen LogP contribution in [0.2, 0.25) is 0 Å². The lowest BCUT2D eigenvalue weighted by molar-refractivity contribution is 0.0109. The van der Waals surface area contributed by atoms with Crippen molar-refractivity contribution in [2.45, 2.75) is 65.5 Å². The molecule has 3 nitrogen and oxygen atoms in total. The highest BCUT2D eigenvalue weighted by Gasteiger charge is 2.27. The van der Waals surface area contributed by atoms with Gasteiger partial charge >= 0.3 is 0 Å². The average Bonchev–Trinajstić information content (AvgIpc) is 2.45. The number of hydrogen-bond donors (Lipinski definition) is 1. The molecule has 1 saturated heterocycles. The molecule has 0 amide bonds. The van der Waals surface area contributed by atoms with Crippen LogP contribution in [0, 0.1) is 17.8 Å². The van der Waals surface area contributed by atoms with Crippen LogP contribution in [-0.2, 0) is 4.74 Å². The second kappa shape index (κ2) is 8.50. The fraction of sp³-hybridized carbons (Fsp3) is 1.00. The van der Waals surface area contributed by atoms with Gasteiger partial charge in [0.25, 0.3) is 0 Å². The van der Waals surface area contributed by atoms with Crippen molar-refractivity contribution in [3.63, 3.8) is 0 Å². The third-order valence-corrected chi connectivity index (χ3v) is 5.35. The topological polar surface area (TPSA) is 24.5 Å². The highest BCUT2D eigenvalue weighted by atomic mass is 16.5. The Labute approximate surface area is 131 Å². The number of rotatable bonds is 6. The first-order chi connectivity index (χ1) is 10.1. The predicted octanol–water partition coefficient (Wildman–Crippen LogP) is 3.15. The van der Waals surface area contributed by atoms with Gasteiger partial charge in [-0.25, -0.2) is 0 Å². The first-order valence-corrected chi connectivity index (χ1v) is 9.11. The third kappa shape index (κ3) is 5.54. The van der Waals surface area contributed by atoms with Gasteiger partial charge < -0.3 is 10.1 Å². The molecule has 2 aliphatic rings. The fourth-order valence-electron chi connectivity index (χ4n) is 4.10. The van der Waals surface area contributed by atoms with Gasteiger partial charge in [-0.15, -0.1) is 0 Å². The van der Waals surface area contributed by atoms with Gasteiger partial charge in [0.05, 0.1) is 13.2 Å². The van der Waals surface area contributed by atoms with Gasteiger partial charge in [0, 0.05) is 31.7 Å². The van der Waals surface area contributed by atoms with Crippen LogP contribution < -0.4 is 5.32 Å². The number of hydrogen-bond acceptors (Lipinski definition) is 3. The maximum Gasteiger partial charge on any atom is 0.0594 e. The quantitative estimate of drug-likeness (QED) is 0.815. The summed E-state index contributed by atoms with van der Waals surface area (Å²) in [6.45, 7) is 14.7. The predicted molar refractivity (Wildman–Crippen MR) is 89.6 cm³/mol. The molecule has 1 saturated carbocycles. The minimum Gasteiger partial charge on any atom is -0.379 e. The van der Waals surface area contributed by atoms with Gasteiger partial charge in [-0.05, 0) is 43.4 Å². The van der Waals surface area contributed by atoms with Gasteiger partial charge in [0.15, 0.2) is 0 Å². The summed E-state index contributed by atoms with van der Waals surface area (Å²) in [6.07, 6.45) is 5.45. The molecular weight excluding hydrogens is 260 g/mol. The molecule has 0 aromatic rings. The zero-order valence-electron chi connectivity index (χ0n) is 14.6. The van der Waals surface area contributed by atoms with E-state index < -0.39 is 0 Å². The van der Waals surface area contributed by atoms with Crippen molar-refractivity contribution in [3.8, 4) is 0 Å². The molecule has 4 atom stereocenters. The molecule has 4 unspecified atom stereocenters. The normalized spacial score (nSPS) is 33.3. The van der Waals surface area contributed by atoms with Crippen LogP contribution in [0.25, 0.3) is 0 Å². The maximum absolute atomic E-state index is 5.52. The Morgan fingerprint density at radius 2 is 1.86 bits per heavy atom. The molecule has 2 fully saturated rings. The monoisotopic (exact) mass is 296 g/mol. The van der Waals surface area contributed by atoms with Crippen molar-refractivity contribution in [2.24, 2.45) is 17.8 Å². The number of nitrogens with one attached hydrogen (secondary N) is 1. The molecule has 1 N–H and O–H groups in total. The summed E-state index contributed by atoms with van der Waals surface area (Å²) in [5.41, 5.74) is 0. The van der Waals surface area contributed by atoms with Gasteiger partial charge in [-0.2, -0.15) is 0 Å². The zero-order chi connectivity index (χ0) is 15.2. The number of nitrogens with zero attached hydrogens (tertiary/aromatic N) is 1. The SMILES string of the molecule is CC(C)CC(CNC1CCC(C)CC1C)N1CCOCC1. The second-order valence-electron chi connectivity index (χ2n) is 7.84. The minimum atomic E-state index is 0.681. The van der Waals surface area contributed by atoms with Gasteiger partial charge in [0.1, 0.15) is 0 Å². The highest BCUT2D eigenvalue weighted by molar-refractivity contribution is 4.84. The minimum absolute atomic E-state index is 0.681. The number of morpholine rings is 1. The smallest absolute Gasteiger partial charge is 0.0594 e. The zero-order valence-corrected chi connectivity index (χ0v) is 14.6. The van der Waals surface area contributed by atoms with Crippen LogP contribution in [-0.4, -0.2) is 49.8 Å². The van der Waals surface area contributed by atoms with Gasteiger partial charge in [-0.1, -0.05) is 27.7 Å². The summed E-state index contributed by atoms with van der Waals surface area (Å²) in [6, 6.07) is 1.41. The summed E-state index contributed by atoms with van der Waals surface area (Å²) < 4.78 is 5.52. The molecule has 0 aromatic carbocycles. The largest absolute Gasteiger partial charge is 0.379 e. The first kappa shape index (κ1) is 17.2. The van der Waals surface area contributed by atoms with E-state index in [0.29, 0.717) is 6.04 Å². The van der Waals surface area contributed by atoms with Crippen LogP contribution >= 0.6 is 0 Å². The fourth-order valence-corrected chi connectivity index (χ4v) is 4.10. The summed E-state index contributed by atoms with van der Waals surface area (Å²) in [5, 5.41) is 3.91. The molecule has 1 aliphatic carbocycles. The third-order valence-electron chi connectivity index (χ3n) is 5.35. The molecule has 0 aromatic heterocycles. The van der Waals surface area contributed by atoms with Crippen molar-refractivity contribution in [3.05, 3.63) is 0 Å². The second-order valence-corrected chi connectivity index (χ2v) is 7.84. The van der Waals surface area contributed by atoms with Crippen LogP contribution in [0.15, 0.2) is 0 Å². The molecule has 3 heteroatoms. The molecule has 1 aliphatic heterocycles. The van der Waals surface area contributed by atoms with E-state index in [1.807, 2.05) is 0 Å². The van der Waals surface area contributed by atoms with Crippen LogP contribution in [0.3, 0.4) is 0 Å². The Morgan fingerprint density at radius 3 is 2.48 bits per heavy atom. The Morgan fingerprint density at radius 1 is 1.14 bits per heavy atom. The van der Waals surface area contributed by atoms with Crippen molar-refractivity contribution < 1.29 is 4.74 Å². The standard InChI is InChI=1S/C18H36N2O/c1-14(2)11-17(20-7-9-21-10-8-20)13-19-18-6-5-15(3)12-16(18)4/h14-19H,5-13H2,1-4H3. The molecule has 124 valence electrons. The average molecular weight is 296 g/mol. The van der Waals surface area contributed by atoms with E-state index in [0.717, 1.165) is 56.6 Å². The Kier molecular flexibility index (Phi) is 6.97. The van der Waals surface area contributed by atoms with Crippen molar-refractivity contribution >= 4 is 0 Å². The maximum atomic E-state index is 5.52. The Balaban J connectivity index is 1.83. The van der Waals surface area contributed by atoms with E-state index in [-0.39, 0.29) is 0 Å². The van der Waals surface area contributed by atoms with E-state index in [1.54, 1.807) is 0 Å². The van der Waals surface area contributed by atoms with E-state index in [1.165, 1.54) is 25.7 Å². The van der Waals surface area contributed by atoms with Gasteiger partial charge in [-0.3, -0.25) is 4.90 Å². The van der Waals surface area contributed by atoms with Crippen molar-refractivity contribution in [1.82, 2.24) is 10.2 Å². The lowest BCUT2D eigenvalue weighted by atomic mass is 9.80. The van der Waals surface area contributed by atoms with Crippen molar-refractivity contribution in [2.75, 3.05) is 32.8 Å². The van der Waals surface area contributed by atoms with Gasteiger partial charge in [0.2, 0.25) is 0 Å². The Bertz CT molecular complexity index is 289. The van der Waals surface area contributed by atoms with Crippen molar-refractivity contribution in [1.29, 1.82) is 0 Å². The highest BCUT2D eigenvalue weighted by Crippen LogP contribution is 2.28. The lowest BCUT2D eigenvalue weighted by Crippen LogP contribution is -2.51. The van der Waals surface area contributed by atoms with Crippen LogP contribution in [0.5, 0.6) is 0 Å². The van der Waals surface area contributed by atoms with E-state index in [4.69, 9.17) is 4.74 Å². The van der Waals surface area contributed by atoms with Crippen LogP contribution in [0.1, 0.15) is 53.4 Å². The lowest BCUT2D eigenvalue weighted by Gasteiger charge is -2.38.